The van der Waals surface area contributed by atoms with Gasteiger partial charge in [-0.1, -0.05) is 20.8 Å². The summed E-state index contributed by atoms with van der Waals surface area (Å²) in [5.41, 5.74) is 8.22. The molecule has 0 aliphatic rings. The molecule has 0 fully saturated rings. The zero-order chi connectivity index (χ0) is 12.1. The van der Waals surface area contributed by atoms with Crippen LogP contribution in [0.3, 0.4) is 0 Å². The minimum Gasteiger partial charge on any atom is -0.329 e. The molecule has 0 bridgehead atoms. The zero-order valence-corrected chi connectivity index (χ0v) is 10.8. The van der Waals surface area contributed by atoms with Gasteiger partial charge in [0.15, 0.2) is 0 Å². The van der Waals surface area contributed by atoms with E-state index in [1.807, 2.05) is 11.7 Å². The highest BCUT2D eigenvalue weighted by atomic mass is 15.3. The van der Waals surface area contributed by atoms with Gasteiger partial charge in [0.1, 0.15) is 0 Å². The Hall–Kier alpha value is -0.870. The van der Waals surface area contributed by atoms with Crippen LogP contribution in [-0.2, 0) is 13.5 Å². The summed E-state index contributed by atoms with van der Waals surface area (Å²) >= 11 is 0. The van der Waals surface area contributed by atoms with Gasteiger partial charge in [-0.25, -0.2) is 0 Å². The number of hydrogen-bond donors (Lipinski definition) is 2. The third-order valence-corrected chi connectivity index (χ3v) is 2.66. The first-order valence-corrected chi connectivity index (χ1v) is 6.04. The number of nitrogens with one attached hydrogen (secondary N) is 1. The minimum atomic E-state index is 0.228. The van der Waals surface area contributed by atoms with Crippen molar-refractivity contribution >= 4 is 0 Å². The van der Waals surface area contributed by atoms with Crippen molar-refractivity contribution in [1.82, 2.24) is 15.1 Å². The predicted molar refractivity (Wildman–Crippen MR) is 67.2 cm³/mol. The van der Waals surface area contributed by atoms with Gasteiger partial charge in [-0.05, 0) is 18.9 Å². The normalized spacial score (nSPS) is 13.4. The van der Waals surface area contributed by atoms with E-state index in [0.717, 1.165) is 18.7 Å². The third-order valence-electron chi connectivity index (χ3n) is 2.66. The number of nitrogens with zero attached hydrogens (tertiary/aromatic N) is 2. The van der Waals surface area contributed by atoms with E-state index < -0.39 is 0 Å². The van der Waals surface area contributed by atoms with Crippen LogP contribution in [0.2, 0.25) is 0 Å². The lowest BCUT2D eigenvalue weighted by molar-refractivity contribution is 0.477. The summed E-state index contributed by atoms with van der Waals surface area (Å²) in [5.74, 6) is 0.635. The molecule has 0 radical (unpaired) electrons. The van der Waals surface area contributed by atoms with Crippen molar-refractivity contribution in [2.75, 3.05) is 13.1 Å². The molecule has 1 unspecified atom stereocenters. The second-order valence-electron chi connectivity index (χ2n) is 4.65. The molecule has 16 heavy (non-hydrogen) atoms. The van der Waals surface area contributed by atoms with E-state index in [1.165, 1.54) is 5.56 Å². The van der Waals surface area contributed by atoms with E-state index in [9.17, 15) is 0 Å². The van der Waals surface area contributed by atoms with E-state index in [0.29, 0.717) is 12.5 Å². The first-order chi connectivity index (χ1) is 7.58. The van der Waals surface area contributed by atoms with Gasteiger partial charge in [0.2, 0.25) is 0 Å². The monoisotopic (exact) mass is 224 g/mol. The van der Waals surface area contributed by atoms with Crippen molar-refractivity contribution in [3.63, 3.8) is 0 Å². The van der Waals surface area contributed by atoms with Gasteiger partial charge in [-0.15, -0.1) is 0 Å². The Bertz CT molecular complexity index is 317. The van der Waals surface area contributed by atoms with Crippen LogP contribution in [0.1, 0.15) is 38.1 Å². The Morgan fingerprint density at radius 3 is 2.69 bits per heavy atom. The number of aromatic nitrogens is 2. The van der Waals surface area contributed by atoms with Crippen molar-refractivity contribution in [2.45, 2.75) is 33.2 Å². The van der Waals surface area contributed by atoms with Gasteiger partial charge in [0.05, 0.1) is 5.69 Å². The van der Waals surface area contributed by atoms with Crippen LogP contribution in [0.15, 0.2) is 6.20 Å². The van der Waals surface area contributed by atoms with Crippen LogP contribution in [0.4, 0.5) is 0 Å². The quantitative estimate of drug-likeness (QED) is 0.764. The van der Waals surface area contributed by atoms with Crippen molar-refractivity contribution in [3.8, 4) is 0 Å². The molecule has 0 aliphatic carbocycles. The molecule has 0 saturated carbocycles. The Balaban J connectivity index is 2.77. The maximum absolute atomic E-state index is 5.82. The first kappa shape index (κ1) is 13.2. The van der Waals surface area contributed by atoms with E-state index in [4.69, 9.17) is 5.73 Å². The fraction of sp³-hybridized carbons (Fsp3) is 0.750. The SMILES string of the molecule is CCc1nn(C)cc1C(CN)NCC(C)C. The average molecular weight is 224 g/mol. The summed E-state index contributed by atoms with van der Waals surface area (Å²) in [6.45, 7) is 8.13. The van der Waals surface area contributed by atoms with Crippen LogP contribution in [0.25, 0.3) is 0 Å². The summed E-state index contributed by atoms with van der Waals surface area (Å²) in [6.07, 6.45) is 3.03. The van der Waals surface area contributed by atoms with E-state index in [-0.39, 0.29) is 6.04 Å². The van der Waals surface area contributed by atoms with E-state index >= 15 is 0 Å². The van der Waals surface area contributed by atoms with Crippen LogP contribution in [0.5, 0.6) is 0 Å². The highest BCUT2D eigenvalue weighted by Gasteiger charge is 2.16. The standard InChI is InChI=1S/C12H24N4/c1-5-11-10(8-16(4)15-11)12(6-13)14-7-9(2)3/h8-9,12,14H,5-7,13H2,1-4H3. The molecule has 1 aromatic heterocycles. The molecule has 4 heteroatoms. The predicted octanol–water partition coefficient (Wildman–Crippen LogP) is 1.23. The number of rotatable bonds is 6. The Morgan fingerprint density at radius 1 is 1.50 bits per heavy atom. The number of nitrogens with two attached hydrogens (primary N) is 1. The highest BCUT2D eigenvalue weighted by Crippen LogP contribution is 2.16. The largest absolute Gasteiger partial charge is 0.329 e. The molecule has 0 saturated heterocycles. The van der Waals surface area contributed by atoms with Gasteiger partial charge >= 0.3 is 0 Å². The molecule has 92 valence electrons. The van der Waals surface area contributed by atoms with Crippen LogP contribution in [-0.4, -0.2) is 22.9 Å². The fourth-order valence-electron chi connectivity index (χ4n) is 1.82. The maximum Gasteiger partial charge on any atom is 0.0670 e. The topological polar surface area (TPSA) is 55.9 Å². The lowest BCUT2D eigenvalue weighted by Gasteiger charge is -2.18. The average Bonchev–Trinajstić information content (AvgIpc) is 2.60. The molecule has 0 amide bonds. The molecule has 1 heterocycles. The fourth-order valence-corrected chi connectivity index (χ4v) is 1.82. The lowest BCUT2D eigenvalue weighted by atomic mass is 10.1. The molecule has 1 rings (SSSR count). The van der Waals surface area contributed by atoms with Crippen molar-refractivity contribution in [2.24, 2.45) is 18.7 Å². The number of aryl methyl sites for hydroxylation is 2. The van der Waals surface area contributed by atoms with Gasteiger partial charge in [-0.3, -0.25) is 4.68 Å². The third kappa shape index (κ3) is 3.32. The molecule has 0 aliphatic heterocycles. The van der Waals surface area contributed by atoms with Gasteiger partial charge in [-0.2, -0.15) is 5.10 Å². The van der Waals surface area contributed by atoms with Crippen molar-refractivity contribution < 1.29 is 0 Å². The Labute approximate surface area is 98.2 Å². The summed E-state index contributed by atoms with van der Waals surface area (Å²) in [7, 11) is 1.96. The van der Waals surface area contributed by atoms with Gasteiger partial charge in [0.25, 0.3) is 0 Å². The summed E-state index contributed by atoms with van der Waals surface area (Å²) in [5, 5.41) is 7.94. The first-order valence-electron chi connectivity index (χ1n) is 6.04. The molecule has 1 atom stereocenters. The second kappa shape index (κ2) is 6.01. The summed E-state index contributed by atoms with van der Waals surface area (Å²) < 4.78 is 1.87. The molecule has 0 spiro atoms. The molecular formula is C12H24N4. The van der Waals surface area contributed by atoms with Gasteiger partial charge in [0, 0.05) is 31.4 Å². The summed E-state index contributed by atoms with van der Waals surface area (Å²) in [4.78, 5) is 0. The maximum atomic E-state index is 5.82. The number of hydrogen-bond acceptors (Lipinski definition) is 3. The van der Waals surface area contributed by atoms with Crippen LogP contribution < -0.4 is 11.1 Å². The zero-order valence-electron chi connectivity index (χ0n) is 10.8. The molecule has 3 N–H and O–H groups in total. The van der Waals surface area contributed by atoms with Crippen molar-refractivity contribution in [1.29, 1.82) is 0 Å². The van der Waals surface area contributed by atoms with E-state index in [2.05, 4.69) is 37.4 Å². The smallest absolute Gasteiger partial charge is 0.0670 e. The molecule has 1 aromatic rings. The van der Waals surface area contributed by atoms with Crippen LogP contribution in [0, 0.1) is 5.92 Å². The van der Waals surface area contributed by atoms with Crippen molar-refractivity contribution in [3.05, 3.63) is 17.5 Å². The lowest BCUT2D eigenvalue weighted by Crippen LogP contribution is -2.31. The van der Waals surface area contributed by atoms with E-state index in [1.54, 1.807) is 0 Å². The summed E-state index contributed by atoms with van der Waals surface area (Å²) in [6, 6.07) is 0.228. The Morgan fingerprint density at radius 2 is 2.19 bits per heavy atom. The minimum absolute atomic E-state index is 0.228. The molecule has 0 aromatic carbocycles. The van der Waals surface area contributed by atoms with Crippen LogP contribution >= 0.6 is 0 Å². The molecular weight excluding hydrogens is 200 g/mol. The van der Waals surface area contributed by atoms with Gasteiger partial charge < -0.3 is 11.1 Å². The Kier molecular flexibility index (Phi) is 4.96. The second-order valence-corrected chi connectivity index (χ2v) is 4.65. The highest BCUT2D eigenvalue weighted by molar-refractivity contribution is 5.21. The molecule has 4 nitrogen and oxygen atoms in total.